The summed E-state index contributed by atoms with van der Waals surface area (Å²) in [5.74, 6) is 0.664. The van der Waals surface area contributed by atoms with Crippen molar-refractivity contribution >= 4 is 65.3 Å². The van der Waals surface area contributed by atoms with Gasteiger partial charge in [-0.15, -0.1) is 0 Å². The second-order valence-corrected chi connectivity index (χ2v) is 15.4. The fraction of sp³-hybridized carbons (Fsp3) is 0.0588. The van der Waals surface area contributed by atoms with Crippen molar-refractivity contribution in [2.24, 2.45) is 0 Å². The standard InChI is InChI=1S/C51H34N4/c1-51(2)40-22-8-3-19-35(40)48-37(21-14-23-41(48)51)49-36-20-4-9-24-42(36)52-50(53-49)55-45-27-12-7-18-34(45)39-29-31-15-13-28-46(38(31)30-47(39)55)54-43-25-10-5-16-32(43)33-17-6-11-26-44(33)54/h3-30H,1-2H3. The summed E-state index contributed by atoms with van der Waals surface area (Å²) in [7, 11) is 0. The molecule has 4 heteroatoms. The molecule has 0 saturated heterocycles. The van der Waals surface area contributed by atoms with Gasteiger partial charge in [-0.25, -0.2) is 9.97 Å². The van der Waals surface area contributed by atoms with Crippen LogP contribution < -0.4 is 0 Å². The maximum Gasteiger partial charge on any atom is 0.235 e. The van der Waals surface area contributed by atoms with E-state index in [4.69, 9.17) is 9.97 Å². The minimum atomic E-state index is -0.116. The molecule has 0 N–H and O–H groups in total. The Bertz CT molecular complexity index is 3360. The molecule has 3 aromatic heterocycles. The van der Waals surface area contributed by atoms with Crippen LogP contribution in [0, 0.1) is 0 Å². The van der Waals surface area contributed by atoms with E-state index in [0.717, 1.165) is 38.9 Å². The minimum absolute atomic E-state index is 0.116. The minimum Gasteiger partial charge on any atom is -0.309 e. The van der Waals surface area contributed by atoms with Crippen LogP contribution in [0.3, 0.4) is 0 Å². The lowest BCUT2D eigenvalue weighted by molar-refractivity contribution is 0.660. The molecule has 1 aliphatic carbocycles. The van der Waals surface area contributed by atoms with Gasteiger partial charge in [0, 0.05) is 43.3 Å². The van der Waals surface area contributed by atoms with Gasteiger partial charge in [0.05, 0.1) is 39.0 Å². The fourth-order valence-corrected chi connectivity index (χ4v) is 9.64. The average molecular weight is 703 g/mol. The zero-order chi connectivity index (χ0) is 36.4. The molecule has 0 atom stereocenters. The van der Waals surface area contributed by atoms with Gasteiger partial charge < -0.3 is 4.57 Å². The molecule has 3 heterocycles. The van der Waals surface area contributed by atoms with E-state index < -0.39 is 0 Å². The summed E-state index contributed by atoms with van der Waals surface area (Å²) in [6.45, 7) is 4.67. The average Bonchev–Trinajstić information content (AvgIpc) is 3.82. The van der Waals surface area contributed by atoms with Crippen molar-refractivity contribution in [3.8, 4) is 34.0 Å². The molecule has 0 spiro atoms. The fourth-order valence-electron chi connectivity index (χ4n) is 9.64. The lowest BCUT2D eigenvalue weighted by Crippen LogP contribution is -2.14. The smallest absolute Gasteiger partial charge is 0.235 e. The van der Waals surface area contributed by atoms with Crippen LogP contribution in [0.25, 0.3) is 99.3 Å². The first kappa shape index (κ1) is 30.4. The third-order valence-corrected chi connectivity index (χ3v) is 12.1. The Labute approximate surface area is 317 Å². The Hall–Kier alpha value is -7.04. The second-order valence-electron chi connectivity index (χ2n) is 15.4. The van der Waals surface area contributed by atoms with Gasteiger partial charge in [-0.3, -0.25) is 4.57 Å². The van der Waals surface area contributed by atoms with Gasteiger partial charge in [-0.2, -0.15) is 0 Å². The highest BCUT2D eigenvalue weighted by Gasteiger charge is 2.37. The van der Waals surface area contributed by atoms with Crippen LogP contribution in [0.2, 0.25) is 0 Å². The maximum absolute atomic E-state index is 5.59. The molecule has 0 amide bonds. The van der Waals surface area contributed by atoms with Gasteiger partial charge >= 0.3 is 0 Å². The quantitative estimate of drug-likeness (QED) is 0.184. The van der Waals surface area contributed by atoms with Crippen LogP contribution in [0.15, 0.2) is 170 Å². The Morgan fingerprint density at radius 2 is 1.00 bits per heavy atom. The van der Waals surface area contributed by atoms with Crippen molar-refractivity contribution in [2.75, 3.05) is 0 Å². The first-order valence-electron chi connectivity index (χ1n) is 19.0. The van der Waals surface area contributed by atoms with Crippen LogP contribution in [-0.2, 0) is 5.41 Å². The van der Waals surface area contributed by atoms with E-state index in [0.29, 0.717) is 5.95 Å². The molecule has 0 radical (unpaired) electrons. The summed E-state index contributed by atoms with van der Waals surface area (Å²) >= 11 is 0. The van der Waals surface area contributed by atoms with Gasteiger partial charge in [0.15, 0.2) is 0 Å². The SMILES string of the molecule is CC1(C)c2ccccc2-c2c(-c3nc(-n4c5ccccc5c5cc6cccc(-n7c8ccccc8c8ccccc87)c6cc54)nc4ccccc34)cccc21. The van der Waals surface area contributed by atoms with E-state index in [-0.39, 0.29) is 5.41 Å². The van der Waals surface area contributed by atoms with Crippen molar-refractivity contribution in [1.29, 1.82) is 0 Å². The number of aromatic nitrogens is 4. The number of rotatable bonds is 3. The predicted octanol–water partition coefficient (Wildman–Crippen LogP) is 13.0. The van der Waals surface area contributed by atoms with Gasteiger partial charge in [0.2, 0.25) is 5.95 Å². The highest BCUT2D eigenvalue weighted by Crippen LogP contribution is 2.52. The van der Waals surface area contributed by atoms with E-state index in [9.17, 15) is 0 Å². The first-order valence-corrected chi connectivity index (χ1v) is 19.0. The summed E-state index contributed by atoms with van der Waals surface area (Å²) in [5, 5.41) is 8.26. The third-order valence-electron chi connectivity index (χ3n) is 12.1. The van der Waals surface area contributed by atoms with Gasteiger partial charge in [0.1, 0.15) is 0 Å². The van der Waals surface area contributed by atoms with Crippen LogP contribution in [0.4, 0.5) is 0 Å². The molecule has 258 valence electrons. The molecule has 0 fully saturated rings. The van der Waals surface area contributed by atoms with Crippen LogP contribution >= 0.6 is 0 Å². The Morgan fingerprint density at radius 1 is 0.418 bits per heavy atom. The van der Waals surface area contributed by atoms with Crippen molar-refractivity contribution in [2.45, 2.75) is 19.3 Å². The third kappa shape index (κ3) is 4.11. The van der Waals surface area contributed by atoms with Crippen molar-refractivity contribution < 1.29 is 0 Å². The predicted molar refractivity (Wildman–Crippen MR) is 229 cm³/mol. The van der Waals surface area contributed by atoms with Gasteiger partial charge in [-0.1, -0.05) is 141 Å². The highest BCUT2D eigenvalue weighted by atomic mass is 15.2. The van der Waals surface area contributed by atoms with E-state index in [1.807, 2.05) is 0 Å². The first-order chi connectivity index (χ1) is 27.1. The van der Waals surface area contributed by atoms with E-state index in [1.165, 1.54) is 65.6 Å². The van der Waals surface area contributed by atoms with Crippen LogP contribution in [-0.4, -0.2) is 19.1 Å². The summed E-state index contributed by atoms with van der Waals surface area (Å²) in [5.41, 5.74) is 13.8. The zero-order valence-corrected chi connectivity index (χ0v) is 30.5. The van der Waals surface area contributed by atoms with Gasteiger partial charge in [-0.05, 0) is 70.1 Å². The maximum atomic E-state index is 5.59. The highest BCUT2D eigenvalue weighted by molar-refractivity contribution is 6.16. The van der Waals surface area contributed by atoms with Crippen LogP contribution in [0.1, 0.15) is 25.0 Å². The monoisotopic (exact) mass is 702 g/mol. The zero-order valence-electron chi connectivity index (χ0n) is 30.5. The van der Waals surface area contributed by atoms with Crippen LogP contribution in [0.5, 0.6) is 0 Å². The molecular formula is C51H34N4. The molecule has 11 aromatic rings. The van der Waals surface area contributed by atoms with E-state index in [2.05, 4.69) is 193 Å². The van der Waals surface area contributed by atoms with Crippen molar-refractivity contribution in [1.82, 2.24) is 19.1 Å². The molecule has 55 heavy (non-hydrogen) atoms. The summed E-state index contributed by atoms with van der Waals surface area (Å²) in [6, 6.07) is 61.5. The van der Waals surface area contributed by atoms with Gasteiger partial charge in [0.25, 0.3) is 0 Å². The molecule has 0 unspecified atom stereocenters. The summed E-state index contributed by atoms with van der Waals surface area (Å²) in [6.07, 6.45) is 0. The number of fused-ring (bicyclic) bond motifs is 11. The largest absolute Gasteiger partial charge is 0.309 e. The van der Waals surface area contributed by atoms with E-state index >= 15 is 0 Å². The Morgan fingerprint density at radius 3 is 1.76 bits per heavy atom. The molecular weight excluding hydrogens is 669 g/mol. The topological polar surface area (TPSA) is 35.6 Å². The summed E-state index contributed by atoms with van der Waals surface area (Å²) in [4.78, 5) is 10.9. The number of hydrogen-bond donors (Lipinski definition) is 0. The number of nitrogens with zero attached hydrogens (tertiary/aromatic N) is 4. The molecule has 12 rings (SSSR count). The van der Waals surface area contributed by atoms with Crippen molar-refractivity contribution in [3.63, 3.8) is 0 Å². The molecule has 4 nitrogen and oxygen atoms in total. The Balaban J connectivity index is 1.17. The number of hydrogen-bond acceptors (Lipinski definition) is 2. The van der Waals surface area contributed by atoms with Crippen molar-refractivity contribution in [3.05, 3.63) is 181 Å². The van der Waals surface area contributed by atoms with E-state index in [1.54, 1.807) is 0 Å². The molecule has 0 bridgehead atoms. The number of benzene rings is 8. The molecule has 8 aromatic carbocycles. The molecule has 0 aliphatic heterocycles. The molecule has 0 saturated carbocycles. The lowest BCUT2D eigenvalue weighted by atomic mass is 9.82. The lowest BCUT2D eigenvalue weighted by Gasteiger charge is -2.21. The normalized spacial score (nSPS) is 13.4. The second kappa shape index (κ2) is 11.0. The molecule has 1 aliphatic rings. The number of para-hydroxylation sites is 4. The Kier molecular flexibility index (Phi) is 6.09. The summed E-state index contributed by atoms with van der Waals surface area (Å²) < 4.78 is 4.70.